The number of hydrogen-bond acceptors (Lipinski definition) is 6. The van der Waals surface area contributed by atoms with Gasteiger partial charge in [0.1, 0.15) is 11.8 Å². The number of nitro groups is 1. The molecule has 1 aliphatic carbocycles. The van der Waals surface area contributed by atoms with Gasteiger partial charge in [-0.05, 0) is 36.6 Å². The van der Waals surface area contributed by atoms with Crippen molar-refractivity contribution in [2.45, 2.75) is 50.7 Å². The van der Waals surface area contributed by atoms with Crippen molar-refractivity contribution in [2.24, 2.45) is 0 Å². The van der Waals surface area contributed by atoms with Crippen molar-refractivity contribution in [2.75, 3.05) is 13.7 Å². The monoisotopic (exact) mass is 599 g/mol. The molecule has 0 heterocycles. The zero-order valence-corrected chi connectivity index (χ0v) is 24.1. The predicted octanol–water partition coefficient (Wildman–Crippen LogP) is 5.99. The van der Waals surface area contributed by atoms with E-state index >= 15 is 0 Å². The number of nitrogens with one attached hydrogen (secondary N) is 1. The fourth-order valence-corrected chi connectivity index (χ4v) is 5.42. The summed E-state index contributed by atoms with van der Waals surface area (Å²) in [5.74, 6) is -0.556. The van der Waals surface area contributed by atoms with Gasteiger partial charge in [0.15, 0.2) is 6.61 Å². The van der Waals surface area contributed by atoms with Crippen molar-refractivity contribution < 1.29 is 24.0 Å². The first-order valence-corrected chi connectivity index (χ1v) is 14.0. The summed E-state index contributed by atoms with van der Waals surface area (Å²) in [7, 11) is 1.31. The van der Waals surface area contributed by atoms with Crippen molar-refractivity contribution in [1.82, 2.24) is 10.2 Å². The number of nitrogens with zero attached hydrogens (tertiary/aromatic N) is 2. The second kappa shape index (κ2) is 14.2. The number of hydrogen-bond donors (Lipinski definition) is 1. The maximum atomic E-state index is 13.8. The van der Waals surface area contributed by atoms with Gasteiger partial charge in [0.2, 0.25) is 11.7 Å². The molecule has 0 spiro atoms. The topological polar surface area (TPSA) is 111 Å². The number of nitro benzene ring substituents is 1. The van der Waals surface area contributed by atoms with Crippen molar-refractivity contribution in [3.05, 3.63) is 98.0 Å². The molecule has 3 aromatic rings. The standard InChI is InChI=1S/C30H31Cl2N3O6/c1-40-28-17-22(14-15-26(28)35(38)39)41-19-29(36)34(18-23-24(31)12-7-13-25(23)32)27(16-20-8-3-2-4-9-20)30(37)33-21-10-5-6-11-21/h2-4,7-9,12-15,17,21,27H,5-6,10-11,16,18-19H2,1H3,(H,33,37). The van der Waals surface area contributed by atoms with Gasteiger partial charge in [-0.15, -0.1) is 0 Å². The second-order valence-corrected chi connectivity index (χ2v) is 10.6. The highest BCUT2D eigenvalue weighted by molar-refractivity contribution is 6.36. The van der Waals surface area contributed by atoms with Crippen LogP contribution in [-0.4, -0.2) is 47.4 Å². The largest absolute Gasteiger partial charge is 0.490 e. The van der Waals surface area contributed by atoms with E-state index in [1.54, 1.807) is 18.2 Å². The molecule has 41 heavy (non-hydrogen) atoms. The number of methoxy groups -OCH3 is 1. The van der Waals surface area contributed by atoms with E-state index in [1.807, 2.05) is 30.3 Å². The third-order valence-electron chi connectivity index (χ3n) is 7.07. The first-order chi connectivity index (χ1) is 19.8. The van der Waals surface area contributed by atoms with Gasteiger partial charge in [0.05, 0.1) is 12.0 Å². The molecule has 1 N–H and O–H groups in total. The highest BCUT2D eigenvalue weighted by Gasteiger charge is 2.33. The Morgan fingerprint density at radius 1 is 1.05 bits per heavy atom. The summed E-state index contributed by atoms with van der Waals surface area (Å²) in [6.07, 6.45) is 4.12. The van der Waals surface area contributed by atoms with Gasteiger partial charge < -0.3 is 19.7 Å². The summed E-state index contributed by atoms with van der Waals surface area (Å²) in [6.45, 7) is -0.467. The Hall–Kier alpha value is -3.82. The summed E-state index contributed by atoms with van der Waals surface area (Å²) in [6, 6.07) is 17.6. The number of carbonyl (C=O) groups excluding carboxylic acids is 2. The lowest BCUT2D eigenvalue weighted by Gasteiger charge is -2.32. The lowest BCUT2D eigenvalue weighted by Crippen LogP contribution is -2.53. The quantitative estimate of drug-likeness (QED) is 0.202. The van der Waals surface area contributed by atoms with Crippen LogP contribution in [0.2, 0.25) is 10.0 Å². The van der Waals surface area contributed by atoms with Crippen molar-refractivity contribution in [3.8, 4) is 11.5 Å². The fourth-order valence-electron chi connectivity index (χ4n) is 4.90. The Kier molecular flexibility index (Phi) is 10.4. The minimum Gasteiger partial charge on any atom is -0.490 e. The fraction of sp³-hybridized carbons (Fsp3) is 0.333. The molecule has 0 aliphatic heterocycles. The number of benzene rings is 3. The van der Waals surface area contributed by atoms with E-state index in [1.165, 1.54) is 30.2 Å². The van der Waals surface area contributed by atoms with Crippen LogP contribution in [0.4, 0.5) is 5.69 Å². The van der Waals surface area contributed by atoms with E-state index in [9.17, 15) is 19.7 Å². The highest BCUT2D eigenvalue weighted by Crippen LogP contribution is 2.31. The summed E-state index contributed by atoms with van der Waals surface area (Å²) in [5, 5.41) is 15.1. The molecule has 9 nitrogen and oxygen atoms in total. The highest BCUT2D eigenvalue weighted by atomic mass is 35.5. The van der Waals surface area contributed by atoms with Gasteiger partial charge >= 0.3 is 5.69 Å². The zero-order valence-electron chi connectivity index (χ0n) is 22.6. The number of ether oxygens (including phenoxy) is 2. The van der Waals surface area contributed by atoms with Crippen LogP contribution in [0.5, 0.6) is 11.5 Å². The predicted molar refractivity (Wildman–Crippen MR) is 156 cm³/mol. The molecule has 1 atom stereocenters. The smallest absolute Gasteiger partial charge is 0.311 e. The van der Waals surface area contributed by atoms with E-state index in [0.717, 1.165) is 31.2 Å². The normalized spacial score (nSPS) is 13.8. The average Bonchev–Trinajstić information content (AvgIpc) is 3.48. The van der Waals surface area contributed by atoms with Crippen LogP contribution in [0.3, 0.4) is 0 Å². The Morgan fingerprint density at radius 2 is 1.73 bits per heavy atom. The van der Waals surface area contributed by atoms with E-state index in [4.69, 9.17) is 32.7 Å². The van der Waals surface area contributed by atoms with Crippen LogP contribution < -0.4 is 14.8 Å². The lowest BCUT2D eigenvalue weighted by molar-refractivity contribution is -0.385. The molecule has 3 aromatic carbocycles. The average molecular weight is 600 g/mol. The third-order valence-corrected chi connectivity index (χ3v) is 7.78. The number of halogens is 2. The minimum atomic E-state index is -0.882. The van der Waals surface area contributed by atoms with E-state index < -0.39 is 23.5 Å². The van der Waals surface area contributed by atoms with Crippen molar-refractivity contribution in [1.29, 1.82) is 0 Å². The van der Waals surface area contributed by atoms with Gasteiger partial charge in [-0.2, -0.15) is 0 Å². The molecule has 0 aromatic heterocycles. The molecule has 1 unspecified atom stereocenters. The molecule has 0 radical (unpaired) electrons. The summed E-state index contributed by atoms with van der Waals surface area (Å²) >= 11 is 13.0. The van der Waals surface area contributed by atoms with E-state index in [-0.39, 0.29) is 42.1 Å². The number of rotatable bonds is 12. The van der Waals surface area contributed by atoms with Gasteiger partial charge in [-0.1, -0.05) is 72.4 Å². The van der Waals surface area contributed by atoms with Crippen LogP contribution in [-0.2, 0) is 22.6 Å². The molecule has 0 saturated heterocycles. The maximum Gasteiger partial charge on any atom is 0.311 e. The van der Waals surface area contributed by atoms with Gasteiger partial charge in [-0.3, -0.25) is 19.7 Å². The summed E-state index contributed by atoms with van der Waals surface area (Å²) in [5.41, 5.74) is 1.16. The molecular formula is C30H31Cl2N3O6. The van der Waals surface area contributed by atoms with Gasteiger partial charge in [0, 0.05) is 46.7 Å². The Balaban J connectivity index is 1.65. The van der Waals surface area contributed by atoms with Crippen LogP contribution in [0.25, 0.3) is 0 Å². The molecular weight excluding hydrogens is 569 g/mol. The molecule has 4 rings (SSSR count). The van der Waals surface area contributed by atoms with Gasteiger partial charge in [-0.25, -0.2) is 0 Å². The van der Waals surface area contributed by atoms with E-state index in [0.29, 0.717) is 15.6 Å². The van der Waals surface area contributed by atoms with E-state index in [2.05, 4.69) is 5.32 Å². The SMILES string of the molecule is COc1cc(OCC(=O)N(Cc2c(Cl)cccc2Cl)C(Cc2ccccc2)C(=O)NC2CCCC2)ccc1[N+](=O)[O-]. The Bertz CT molecular complexity index is 1360. The van der Waals surface area contributed by atoms with Crippen molar-refractivity contribution >= 4 is 40.7 Å². The maximum absolute atomic E-state index is 13.8. The summed E-state index contributed by atoms with van der Waals surface area (Å²) in [4.78, 5) is 39.7. The molecule has 1 aliphatic rings. The number of amides is 2. The third kappa shape index (κ3) is 7.89. The first-order valence-electron chi connectivity index (χ1n) is 13.3. The van der Waals surface area contributed by atoms with Crippen LogP contribution in [0.1, 0.15) is 36.8 Å². The summed E-state index contributed by atoms with van der Waals surface area (Å²) < 4.78 is 10.9. The Morgan fingerprint density at radius 3 is 2.37 bits per heavy atom. The lowest BCUT2D eigenvalue weighted by atomic mass is 10.0. The van der Waals surface area contributed by atoms with Crippen LogP contribution in [0.15, 0.2) is 66.7 Å². The molecule has 11 heteroatoms. The van der Waals surface area contributed by atoms with Crippen LogP contribution >= 0.6 is 23.2 Å². The van der Waals surface area contributed by atoms with Crippen LogP contribution in [0, 0.1) is 10.1 Å². The molecule has 0 bridgehead atoms. The molecule has 1 fully saturated rings. The minimum absolute atomic E-state index is 0.00227. The Labute approximate surface area is 248 Å². The second-order valence-electron chi connectivity index (χ2n) is 9.80. The molecule has 2 amide bonds. The molecule has 1 saturated carbocycles. The molecule has 216 valence electrons. The van der Waals surface area contributed by atoms with Crippen molar-refractivity contribution in [3.63, 3.8) is 0 Å². The number of carbonyl (C=O) groups is 2. The zero-order chi connectivity index (χ0) is 29.4. The first kappa shape index (κ1) is 30.1. The van der Waals surface area contributed by atoms with Gasteiger partial charge in [0.25, 0.3) is 5.91 Å².